The summed E-state index contributed by atoms with van der Waals surface area (Å²) in [7, 11) is 0. The molecule has 0 spiro atoms. The number of nitrogens with two attached hydrogens (primary N) is 1. The van der Waals surface area contributed by atoms with E-state index in [2.05, 4.69) is 5.32 Å². The molecular weight excluding hydrogens is 302 g/mol. The highest BCUT2D eigenvalue weighted by molar-refractivity contribution is 6.06. The average molecular weight is 323 g/mol. The third-order valence-electron chi connectivity index (χ3n) is 4.25. The largest absolute Gasteiger partial charge is 0.399 e. The van der Waals surface area contributed by atoms with Crippen molar-refractivity contribution < 1.29 is 9.59 Å². The first-order valence-electron chi connectivity index (χ1n) is 8.12. The quantitative estimate of drug-likeness (QED) is 0.851. The van der Waals surface area contributed by atoms with Crippen LogP contribution < -0.4 is 16.0 Å². The topological polar surface area (TPSA) is 75.4 Å². The van der Waals surface area contributed by atoms with E-state index in [4.69, 9.17) is 5.73 Å². The summed E-state index contributed by atoms with van der Waals surface area (Å²) in [6, 6.07) is 12.7. The molecule has 1 fully saturated rings. The molecule has 5 heteroatoms. The fourth-order valence-electron chi connectivity index (χ4n) is 2.91. The van der Waals surface area contributed by atoms with Gasteiger partial charge < -0.3 is 16.0 Å². The van der Waals surface area contributed by atoms with E-state index in [0.717, 1.165) is 30.6 Å². The summed E-state index contributed by atoms with van der Waals surface area (Å²) in [5.74, 6) is -0.0710. The summed E-state index contributed by atoms with van der Waals surface area (Å²) in [6.45, 7) is 2.60. The fraction of sp³-hybridized carbons (Fsp3) is 0.263. The Hall–Kier alpha value is -2.82. The maximum absolute atomic E-state index is 12.5. The highest BCUT2D eigenvalue weighted by atomic mass is 16.2. The summed E-state index contributed by atoms with van der Waals surface area (Å²) in [6.07, 6.45) is 2.53. The van der Waals surface area contributed by atoms with Crippen molar-refractivity contribution in [3.8, 4) is 0 Å². The molecule has 2 amide bonds. The van der Waals surface area contributed by atoms with Crippen molar-refractivity contribution in [1.82, 2.24) is 0 Å². The Morgan fingerprint density at radius 1 is 1.17 bits per heavy atom. The van der Waals surface area contributed by atoms with E-state index in [-0.39, 0.29) is 11.8 Å². The van der Waals surface area contributed by atoms with Crippen LogP contribution in [0.15, 0.2) is 42.5 Å². The number of piperidine rings is 1. The molecule has 3 N–H and O–H groups in total. The van der Waals surface area contributed by atoms with Crippen molar-refractivity contribution >= 4 is 28.9 Å². The number of aryl methyl sites for hydroxylation is 1. The normalized spacial score (nSPS) is 14.5. The van der Waals surface area contributed by atoms with Crippen molar-refractivity contribution in [3.63, 3.8) is 0 Å². The summed E-state index contributed by atoms with van der Waals surface area (Å²) in [5, 5.41) is 2.89. The van der Waals surface area contributed by atoms with Gasteiger partial charge in [-0.2, -0.15) is 0 Å². The smallest absolute Gasteiger partial charge is 0.256 e. The third-order valence-corrected chi connectivity index (χ3v) is 4.25. The highest BCUT2D eigenvalue weighted by Gasteiger charge is 2.20. The number of nitrogens with one attached hydrogen (secondary N) is 1. The summed E-state index contributed by atoms with van der Waals surface area (Å²) in [4.78, 5) is 26.3. The van der Waals surface area contributed by atoms with Crippen LogP contribution in [0.25, 0.3) is 0 Å². The van der Waals surface area contributed by atoms with E-state index >= 15 is 0 Å². The third kappa shape index (κ3) is 3.40. The lowest BCUT2D eigenvalue weighted by molar-refractivity contribution is -0.119. The van der Waals surface area contributed by atoms with Crippen molar-refractivity contribution in [2.45, 2.75) is 26.2 Å². The molecule has 3 rings (SSSR count). The number of hydrogen-bond donors (Lipinski definition) is 2. The van der Waals surface area contributed by atoms with Gasteiger partial charge in [0.2, 0.25) is 5.91 Å². The number of carbonyl (C=O) groups is 2. The van der Waals surface area contributed by atoms with E-state index < -0.39 is 0 Å². The molecule has 124 valence electrons. The van der Waals surface area contributed by atoms with Gasteiger partial charge in [-0.15, -0.1) is 0 Å². The van der Waals surface area contributed by atoms with E-state index in [0.29, 0.717) is 23.4 Å². The molecule has 2 aromatic rings. The van der Waals surface area contributed by atoms with Crippen molar-refractivity contribution in [2.75, 3.05) is 22.5 Å². The molecule has 0 radical (unpaired) electrons. The van der Waals surface area contributed by atoms with Gasteiger partial charge in [-0.25, -0.2) is 0 Å². The molecule has 0 atom stereocenters. The number of benzene rings is 2. The predicted molar refractivity (Wildman–Crippen MR) is 96.2 cm³/mol. The first kappa shape index (κ1) is 16.1. The molecule has 24 heavy (non-hydrogen) atoms. The molecule has 5 nitrogen and oxygen atoms in total. The van der Waals surface area contributed by atoms with Gasteiger partial charge in [0, 0.05) is 35.6 Å². The Morgan fingerprint density at radius 3 is 2.79 bits per heavy atom. The summed E-state index contributed by atoms with van der Waals surface area (Å²) >= 11 is 0. The van der Waals surface area contributed by atoms with E-state index in [9.17, 15) is 9.59 Å². The van der Waals surface area contributed by atoms with Gasteiger partial charge >= 0.3 is 0 Å². The molecule has 1 aliphatic heterocycles. The number of anilines is 3. The Bertz CT molecular complexity index is 786. The van der Waals surface area contributed by atoms with Gasteiger partial charge in [0.05, 0.1) is 0 Å². The minimum Gasteiger partial charge on any atom is -0.399 e. The molecule has 0 bridgehead atoms. The summed E-state index contributed by atoms with van der Waals surface area (Å²) < 4.78 is 0. The number of nitrogen functional groups attached to an aromatic ring is 1. The Kier molecular flexibility index (Phi) is 4.51. The second-order valence-corrected chi connectivity index (χ2v) is 6.08. The van der Waals surface area contributed by atoms with Crippen LogP contribution in [-0.4, -0.2) is 18.4 Å². The van der Waals surface area contributed by atoms with Crippen LogP contribution in [0.5, 0.6) is 0 Å². The molecule has 2 aromatic carbocycles. The van der Waals surface area contributed by atoms with Crippen LogP contribution in [0.1, 0.15) is 35.2 Å². The monoisotopic (exact) mass is 323 g/mol. The van der Waals surface area contributed by atoms with Crippen molar-refractivity contribution in [2.24, 2.45) is 0 Å². The zero-order chi connectivity index (χ0) is 17.1. The number of rotatable bonds is 3. The van der Waals surface area contributed by atoms with Crippen LogP contribution in [0.2, 0.25) is 0 Å². The van der Waals surface area contributed by atoms with E-state index in [1.807, 2.05) is 37.3 Å². The van der Waals surface area contributed by atoms with Crippen LogP contribution in [0, 0.1) is 6.92 Å². The maximum Gasteiger partial charge on any atom is 0.256 e. The minimum absolute atomic E-state index is 0.136. The lowest BCUT2D eigenvalue weighted by Crippen LogP contribution is -2.35. The second-order valence-electron chi connectivity index (χ2n) is 6.08. The molecule has 1 aliphatic rings. The number of carbonyl (C=O) groups excluding carboxylic acids is 2. The fourth-order valence-corrected chi connectivity index (χ4v) is 2.91. The van der Waals surface area contributed by atoms with Crippen molar-refractivity contribution in [3.05, 3.63) is 53.6 Å². The number of amides is 2. The van der Waals surface area contributed by atoms with Crippen LogP contribution in [-0.2, 0) is 4.79 Å². The first-order chi connectivity index (χ1) is 11.5. The Morgan fingerprint density at radius 2 is 2.00 bits per heavy atom. The van der Waals surface area contributed by atoms with E-state index in [1.54, 1.807) is 17.0 Å². The number of nitrogens with zero attached hydrogens (tertiary/aromatic N) is 1. The molecule has 1 heterocycles. The lowest BCUT2D eigenvalue weighted by atomic mass is 10.1. The standard InChI is InChI=1S/C19H21N3O2/c1-13-8-9-14(20)11-17(13)19(24)21-15-5-4-6-16(12-15)22-10-3-2-7-18(22)23/h4-6,8-9,11-12H,2-3,7,10,20H2,1H3,(H,21,24). The summed E-state index contributed by atoms with van der Waals surface area (Å²) in [5.41, 5.74) is 9.23. The maximum atomic E-state index is 12.5. The minimum atomic E-state index is -0.207. The predicted octanol–water partition coefficient (Wildman–Crippen LogP) is 3.35. The highest BCUT2D eigenvalue weighted by Crippen LogP contribution is 2.24. The van der Waals surface area contributed by atoms with Crippen molar-refractivity contribution in [1.29, 1.82) is 0 Å². The molecule has 1 saturated heterocycles. The van der Waals surface area contributed by atoms with Crippen LogP contribution >= 0.6 is 0 Å². The second kappa shape index (κ2) is 6.74. The molecule has 0 aromatic heterocycles. The van der Waals surface area contributed by atoms with Gasteiger partial charge in [-0.1, -0.05) is 12.1 Å². The Balaban J connectivity index is 1.80. The molecule has 0 saturated carbocycles. The van der Waals surface area contributed by atoms with E-state index in [1.165, 1.54) is 0 Å². The molecule has 0 aliphatic carbocycles. The molecule has 0 unspecified atom stereocenters. The number of hydrogen-bond acceptors (Lipinski definition) is 3. The van der Waals surface area contributed by atoms with Gasteiger partial charge in [-0.05, 0) is 55.7 Å². The molecular formula is C19H21N3O2. The van der Waals surface area contributed by atoms with Gasteiger partial charge in [0.15, 0.2) is 0 Å². The van der Waals surface area contributed by atoms with Crippen LogP contribution in [0.4, 0.5) is 17.1 Å². The SMILES string of the molecule is Cc1ccc(N)cc1C(=O)Nc1cccc(N2CCCCC2=O)c1. The average Bonchev–Trinajstić information content (AvgIpc) is 2.57. The zero-order valence-corrected chi connectivity index (χ0v) is 13.7. The van der Waals surface area contributed by atoms with Gasteiger partial charge in [-0.3, -0.25) is 9.59 Å². The first-order valence-corrected chi connectivity index (χ1v) is 8.12. The van der Waals surface area contributed by atoms with Gasteiger partial charge in [0.25, 0.3) is 5.91 Å². The zero-order valence-electron chi connectivity index (χ0n) is 13.7. The lowest BCUT2D eigenvalue weighted by Gasteiger charge is -2.27. The van der Waals surface area contributed by atoms with Gasteiger partial charge in [0.1, 0.15) is 0 Å². The Labute approximate surface area is 141 Å². The van der Waals surface area contributed by atoms with Crippen LogP contribution in [0.3, 0.4) is 0 Å².